The minimum absolute atomic E-state index is 0.217. The molecule has 0 aliphatic carbocycles. The number of carbonyl (C=O) groups excluding carboxylic acids is 2. The summed E-state index contributed by atoms with van der Waals surface area (Å²) >= 11 is 0. The average Bonchev–Trinajstić information content (AvgIpc) is 3.08. The van der Waals surface area contributed by atoms with Crippen molar-refractivity contribution in [3.05, 3.63) is 12.2 Å². The van der Waals surface area contributed by atoms with Crippen LogP contribution in [0.2, 0.25) is 0 Å². The normalized spacial score (nSPS) is 16.5. The molecule has 3 heteroatoms. The summed E-state index contributed by atoms with van der Waals surface area (Å²) in [5, 5.41) is 0. The van der Waals surface area contributed by atoms with Crippen LogP contribution < -0.4 is 0 Å². The number of hydrogen-bond donors (Lipinski definition) is 0. The number of cyclic esters (lactones) is 2. The highest BCUT2D eigenvalue weighted by Crippen LogP contribution is 2.18. The van der Waals surface area contributed by atoms with Gasteiger partial charge in [-0.1, -0.05) is 141 Å². The third-order valence-electron chi connectivity index (χ3n) is 6.50. The molecule has 1 atom stereocenters. The highest BCUT2D eigenvalue weighted by atomic mass is 16.6. The monoisotopic (exact) mass is 434 g/mol. The Kier molecular flexibility index (Phi) is 18.7. The van der Waals surface area contributed by atoms with E-state index in [0.717, 1.165) is 6.42 Å². The summed E-state index contributed by atoms with van der Waals surface area (Å²) in [5.74, 6) is -1.11. The van der Waals surface area contributed by atoms with E-state index in [1.54, 1.807) is 0 Å². The Balaban J connectivity index is 1.70. The van der Waals surface area contributed by atoms with E-state index in [1.165, 1.54) is 128 Å². The van der Waals surface area contributed by atoms with Crippen molar-refractivity contribution in [1.29, 1.82) is 0 Å². The molecule has 0 saturated carbocycles. The highest BCUT2D eigenvalue weighted by molar-refractivity contribution is 5.95. The van der Waals surface area contributed by atoms with Gasteiger partial charge in [-0.3, -0.25) is 9.59 Å². The molecule has 0 aromatic heterocycles. The molecule has 0 aromatic rings. The molecule has 0 bridgehead atoms. The highest BCUT2D eigenvalue weighted by Gasteiger charge is 2.30. The maximum atomic E-state index is 11.3. The molecule has 1 heterocycles. The van der Waals surface area contributed by atoms with Crippen molar-refractivity contribution in [2.24, 2.45) is 5.92 Å². The van der Waals surface area contributed by atoms with Gasteiger partial charge in [-0.25, -0.2) is 0 Å². The van der Waals surface area contributed by atoms with Crippen LogP contribution in [0.15, 0.2) is 12.2 Å². The molecular weight excluding hydrogens is 384 g/mol. The van der Waals surface area contributed by atoms with Crippen LogP contribution in [0.25, 0.3) is 0 Å². The number of rotatable bonds is 22. The second-order valence-corrected chi connectivity index (χ2v) is 9.54. The van der Waals surface area contributed by atoms with Gasteiger partial charge in [-0.15, -0.1) is 0 Å². The fourth-order valence-corrected chi connectivity index (χ4v) is 4.42. The van der Waals surface area contributed by atoms with E-state index in [1.807, 2.05) is 12.2 Å². The molecule has 180 valence electrons. The fraction of sp³-hybridized carbons (Fsp3) is 0.857. The van der Waals surface area contributed by atoms with Gasteiger partial charge >= 0.3 is 11.9 Å². The van der Waals surface area contributed by atoms with Crippen LogP contribution in [0.3, 0.4) is 0 Å². The van der Waals surface area contributed by atoms with Crippen LogP contribution in [0, 0.1) is 5.92 Å². The topological polar surface area (TPSA) is 43.4 Å². The van der Waals surface area contributed by atoms with Gasteiger partial charge in [0.15, 0.2) is 0 Å². The SMILES string of the molecule is CCCCCCCCCCCCCCCCCCCCCCC=CC1CC(=O)OC1=O. The first-order valence-corrected chi connectivity index (χ1v) is 13.6. The van der Waals surface area contributed by atoms with Crippen molar-refractivity contribution in [3.63, 3.8) is 0 Å². The first kappa shape index (κ1) is 27.9. The fourth-order valence-electron chi connectivity index (χ4n) is 4.42. The maximum absolute atomic E-state index is 11.3. The summed E-state index contributed by atoms with van der Waals surface area (Å²) in [6.45, 7) is 2.29. The summed E-state index contributed by atoms with van der Waals surface area (Å²) < 4.78 is 4.54. The molecular formula is C28H50O3. The van der Waals surface area contributed by atoms with Crippen LogP contribution in [-0.2, 0) is 14.3 Å². The van der Waals surface area contributed by atoms with E-state index >= 15 is 0 Å². The lowest BCUT2D eigenvalue weighted by Crippen LogP contribution is -2.03. The van der Waals surface area contributed by atoms with Gasteiger partial charge in [-0.2, -0.15) is 0 Å². The number of esters is 2. The summed E-state index contributed by atoms with van der Waals surface area (Å²) in [5.41, 5.74) is 0. The molecule has 1 unspecified atom stereocenters. The van der Waals surface area contributed by atoms with Gasteiger partial charge < -0.3 is 4.74 Å². The number of allylic oxidation sites excluding steroid dienone is 1. The number of unbranched alkanes of at least 4 members (excludes halogenated alkanes) is 20. The van der Waals surface area contributed by atoms with Gasteiger partial charge in [-0.05, 0) is 12.8 Å². The Bertz CT molecular complexity index is 469. The standard InChI is InChI=1S/C28H50O3/c1-2-3-4-5-6-7-8-9-10-11-12-13-14-15-16-17-18-19-20-21-22-23-24-26-25-27(29)31-28(26)30/h23-24,26H,2-22,25H2,1H3. The Morgan fingerprint density at radius 1 is 0.645 bits per heavy atom. The van der Waals surface area contributed by atoms with Crippen molar-refractivity contribution in [1.82, 2.24) is 0 Å². The van der Waals surface area contributed by atoms with Crippen LogP contribution in [0.4, 0.5) is 0 Å². The van der Waals surface area contributed by atoms with Crippen molar-refractivity contribution in [3.8, 4) is 0 Å². The van der Waals surface area contributed by atoms with Gasteiger partial charge in [0.05, 0.1) is 12.3 Å². The average molecular weight is 435 g/mol. The quantitative estimate of drug-likeness (QED) is 0.0739. The summed E-state index contributed by atoms with van der Waals surface area (Å²) in [4.78, 5) is 22.3. The Hall–Kier alpha value is -1.12. The van der Waals surface area contributed by atoms with Crippen LogP contribution in [0.1, 0.15) is 148 Å². The molecule has 0 amide bonds. The molecule has 1 rings (SSSR count). The predicted molar refractivity (Wildman–Crippen MR) is 131 cm³/mol. The van der Waals surface area contributed by atoms with Gasteiger partial charge in [0.1, 0.15) is 0 Å². The first-order chi connectivity index (χ1) is 15.2. The number of hydrogen-bond acceptors (Lipinski definition) is 3. The summed E-state index contributed by atoms with van der Waals surface area (Å²) in [6, 6.07) is 0. The van der Waals surface area contributed by atoms with E-state index in [2.05, 4.69) is 11.7 Å². The molecule has 1 saturated heterocycles. The van der Waals surface area contributed by atoms with Crippen molar-refractivity contribution in [2.75, 3.05) is 0 Å². The maximum Gasteiger partial charge on any atom is 0.321 e. The molecule has 1 fully saturated rings. The van der Waals surface area contributed by atoms with Crippen molar-refractivity contribution < 1.29 is 14.3 Å². The van der Waals surface area contributed by atoms with E-state index in [4.69, 9.17) is 0 Å². The second-order valence-electron chi connectivity index (χ2n) is 9.54. The molecule has 0 N–H and O–H groups in total. The van der Waals surface area contributed by atoms with E-state index in [0.29, 0.717) is 0 Å². The number of ether oxygens (including phenoxy) is 1. The van der Waals surface area contributed by atoms with Crippen molar-refractivity contribution in [2.45, 2.75) is 148 Å². The van der Waals surface area contributed by atoms with E-state index in [-0.39, 0.29) is 18.3 Å². The smallest absolute Gasteiger partial charge is 0.321 e. The van der Waals surface area contributed by atoms with Gasteiger partial charge in [0, 0.05) is 0 Å². The lowest BCUT2D eigenvalue weighted by atomic mass is 10.0. The zero-order valence-electron chi connectivity index (χ0n) is 20.5. The van der Waals surface area contributed by atoms with Crippen LogP contribution in [-0.4, -0.2) is 11.9 Å². The molecule has 0 radical (unpaired) electrons. The molecule has 3 nitrogen and oxygen atoms in total. The third-order valence-corrected chi connectivity index (χ3v) is 6.50. The minimum atomic E-state index is -0.390. The molecule has 31 heavy (non-hydrogen) atoms. The lowest BCUT2D eigenvalue weighted by Gasteiger charge is -2.04. The minimum Gasteiger partial charge on any atom is -0.393 e. The van der Waals surface area contributed by atoms with Crippen LogP contribution in [0.5, 0.6) is 0 Å². The zero-order valence-corrected chi connectivity index (χ0v) is 20.5. The molecule has 0 spiro atoms. The second kappa shape index (κ2) is 20.8. The third kappa shape index (κ3) is 17.2. The van der Waals surface area contributed by atoms with Crippen LogP contribution >= 0.6 is 0 Å². The zero-order chi connectivity index (χ0) is 22.4. The van der Waals surface area contributed by atoms with E-state index in [9.17, 15) is 9.59 Å². The largest absolute Gasteiger partial charge is 0.393 e. The summed E-state index contributed by atoms with van der Waals surface area (Å²) in [7, 11) is 0. The lowest BCUT2D eigenvalue weighted by molar-refractivity contribution is -0.152. The molecule has 1 aliphatic heterocycles. The molecule has 1 aliphatic rings. The van der Waals surface area contributed by atoms with Crippen molar-refractivity contribution >= 4 is 11.9 Å². The summed E-state index contributed by atoms with van der Waals surface area (Å²) in [6.07, 6.45) is 33.1. The number of carbonyl (C=O) groups is 2. The Morgan fingerprint density at radius 2 is 1.03 bits per heavy atom. The van der Waals surface area contributed by atoms with Gasteiger partial charge in [0.25, 0.3) is 0 Å². The Morgan fingerprint density at radius 3 is 1.39 bits per heavy atom. The van der Waals surface area contributed by atoms with E-state index < -0.39 is 5.97 Å². The predicted octanol–water partition coefficient (Wildman–Crippen LogP) is 8.84. The Labute approximate surface area is 192 Å². The molecule has 0 aromatic carbocycles. The van der Waals surface area contributed by atoms with Gasteiger partial charge in [0.2, 0.25) is 0 Å². The first-order valence-electron chi connectivity index (χ1n) is 13.6.